The van der Waals surface area contributed by atoms with Crippen molar-refractivity contribution in [3.63, 3.8) is 0 Å². The van der Waals surface area contributed by atoms with Gasteiger partial charge in [-0.25, -0.2) is 0 Å². The first-order valence-electron chi connectivity index (χ1n) is 7.19. The molecule has 4 heteroatoms. The van der Waals surface area contributed by atoms with Crippen molar-refractivity contribution in [2.45, 2.75) is 52.1 Å². The third-order valence-electron chi connectivity index (χ3n) is 3.16. The molecule has 0 aliphatic carbocycles. The summed E-state index contributed by atoms with van der Waals surface area (Å²) in [6, 6.07) is 0. The Morgan fingerprint density at radius 3 is 2.39 bits per heavy atom. The number of unbranched alkanes of at least 4 members (excludes halogenated alkanes) is 1. The molecule has 0 aromatic heterocycles. The summed E-state index contributed by atoms with van der Waals surface area (Å²) in [7, 11) is 0. The molecule has 2 N–H and O–H groups in total. The third-order valence-corrected chi connectivity index (χ3v) is 3.16. The van der Waals surface area contributed by atoms with Crippen LogP contribution in [-0.2, 0) is 9.47 Å². The molecule has 110 valence electrons. The fourth-order valence-corrected chi connectivity index (χ4v) is 1.99. The fraction of sp³-hybridized carbons (Fsp3) is 1.00. The van der Waals surface area contributed by atoms with Gasteiger partial charge in [-0.1, -0.05) is 39.5 Å². The van der Waals surface area contributed by atoms with Gasteiger partial charge >= 0.3 is 0 Å². The quantitative estimate of drug-likeness (QED) is 0.498. The van der Waals surface area contributed by atoms with E-state index >= 15 is 0 Å². The van der Waals surface area contributed by atoms with E-state index in [4.69, 9.17) is 14.6 Å². The van der Waals surface area contributed by atoms with Crippen molar-refractivity contribution in [1.29, 1.82) is 0 Å². The summed E-state index contributed by atoms with van der Waals surface area (Å²) in [6.45, 7) is 5.81. The van der Waals surface area contributed by atoms with Crippen molar-refractivity contribution in [3.8, 4) is 0 Å². The lowest BCUT2D eigenvalue weighted by Crippen LogP contribution is -2.23. The van der Waals surface area contributed by atoms with Crippen molar-refractivity contribution in [2.75, 3.05) is 33.0 Å². The van der Waals surface area contributed by atoms with Crippen LogP contribution in [0.25, 0.3) is 0 Å². The van der Waals surface area contributed by atoms with Crippen LogP contribution in [0.5, 0.6) is 0 Å². The van der Waals surface area contributed by atoms with Crippen LogP contribution in [0, 0.1) is 5.92 Å². The van der Waals surface area contributed by atoms with Crippen LogP contribution in [0.4, 0.5) is 0 Å². The van der Waals surface area contributed by atoms with Crippen molar-refractivity contribution < 1.29 is 19.7 Å². The standard InChI is InChI=1S/C14H30O4/c1-3-5-6-13(4-2)11-14(12-16)18-10-9-17-8-7-15/h13-16H,3-12H2,1-2H3. The van der Waals surface area contributed by atoms with Crippen LogP contribution >= 0.6 is 0 Å². The van der Waals surface area contributed by atoms with E-state index in [-0.39, 0.29) is 19.3 Å². The number of rotatable bonds is 13. The molecule has 0 aromatic rings. The highest BCUT2D eigenvalue weighted by Crippen LogP contribution is 2.19. The van der Waals surface area contributed by atoms with E-state index in [1.165, 1.54) is 19.3 Å². The molecule has 0 spiro atoms. The maximum absolute atomic E-state index is 9.29. The Kier molecular flexibility index (Phi) is 13.2. The van der Waals surface area contributed by atoms with Crippen LogP contribution < -0.4 is 0 Å². The number of aliphatic hydroxyl groups is 2. The predicted octanol–water partition coefficient (Wildman–Crippen LogP) is 1.98. The lowest BCUT2D eigenvalue weighted by Gasteiger charge is -2.21. The van der Waals surface area contributed by atoms with Gasteiger partial charge < -0.3 is 19.7 Å². The van der Waals surface area contributed by atoms with Crippen molar-refractivity contribution >= 4 is 0 Å². The SMILES string of the molecule is CCCCC(CC)CC(CO)OCCOCCO. The highest BCUT2D eigenvalue weighted by molar-refractivity contribution is 4.65. The maximum atomic E-state index is 9.29. The Hall–Kier alpha value is -0.160. The van der Waals surface area contributed by atoms with Gasteiger partial charge in [0.25, 0.3) is 0 Å². The zero-order valence-corrected chi connectivity index (χ0v) is 11.9. The summed E-state index contributed by atoms with van der Waals surface area (Å²) in [6.07, 6.45) is 5.67. The highest BCUT2D eigenvalue weighted by atomic mass is 16.5. The molecule has 0 amide bonds. The predicted molar refractivity (Wildman–Crippen MR) is 72.7 cm³/mol. The summed E-state index contributed by atoms with van der Waals surface area (Å²) in [4.78, 5) is 0. The normalized spacial score (nSPS) is 14.7. The van der Waals surface area contributed by atoms with Gasteiger partial charge in [0, 0.05) is 0 Å². The number of aliphatic hydroxyl groups excluding tert-OH is 2. The summed E-state index contributed by atoms with van der Waals surface area (Å²) >= 11 is 0. The minimum atomic E-state index is -0.0791. The van der Waals surface area contributed by atoms with E-state index < -0.39 is 0 Å². The molecule has 2 atom stereocenters. The molecule has 0 fully saturated rings. The first-order chi connectivity index (χ1) is 8.78. The smallest absolute Gasteiger partial charge is 0.0809 e. The second-order valence-corrected chi connectivity index (χ2v) is 4.66. The molecule has 0 saturated heterocycles. The molecule has 0 saturated carbocycles. The van der Waals surface area contributed by atoms with Crippen LogP contribution in [0.15, 0.2) is 0 Å². The van der Waals surface area contributed by atoms with E-state index in [1.54, 1.807) is 0 Å². The lowest BCUT2D eigenvalue weighted by molar-refractivity contribution is -0.0334. The Labute approximate surface area is 111 Å². The third kappa shape index (κ3) is 9.83. The summed E-state index contributed by atoms with van der Waals surface area (Å²) < 4.78 is 10.7. The largest absolute Gasteiger partial charge is 0.394 e. The molecule has 0 radical (unpaired) electrons. The van der Waals surface area contributed by atoms with Crippen molar-refractivity contribution in [1.82, 2.24) is 0 Å². The summed E-state index contributed by atoms with van der Waals surface area (Å²) in [5, 5.41) is 17.8. The fourth-order valence-electron chi connectivity index (χ4n) is 1.99. The lowest BCUT2D eigenvalue weighted by atomic mass is 9.93. The summed E-state index contributed by atoms with van der Waals surface area (Å²) in [5.74, 6) is 0.639. The van der Waals surface area contributed by atoms with E-state index in [0.717, 1.165) is 12.8 Å². The topological polar surface area (TPSA) is 58.9 Å². The zero-order chi connectivity index (χ0) is 13.6. The van der Waals surface area contributed by atoms with Crippen molar-refractivity contribution in [2.24, 2.45) is 5.92 Å². The van der Waals surface area contributed by atoms with Gasteiger partial charge in [0.15, 0.2) is 0 Å². The van der Waals surface area contributed by atoms with Gasteiger partial charge in [-0.05, 0) is 12.3 Å². The second-order valence-electron chi connectivity index (χ2n) is 4.66. The number of hydrogen-bond donors (Lipinski definition) is 2. The van der Waals surface area contributed by atoms with Crippen LogP contribution in [0.1, 0.15) is 46.0 Å². The van der Waals surface area contributed by atoms with Gasteiger partial charge in [-0.15, -0.1) is 0 Å². The van der Waals surface area contributed by atoms with Gasteiger partial charge in [0.05, 0.1) is 39.1 Å². The average molecular weight is 262 g/mol. The Morgan fingerprint density at radius 2 is 1.83 bits per heavy atom. The molecular formula is C14H30O4. The van der Waals surface area contributed by atoms with E-state index in [1.807, 2.05) is 0 Å². The van der Waals surface area contributed by atoms with E-state index in [2.05, 4.69) is 13.8 Å². The number of hydrogen-bond acceptors (Lipinski definition) is 4. The van der Waals surface area contributed by atoms with E-state index in [0.29, 0.717) is 25.7 Å². The van der Waals surface area contributed by atoms with Gasteiger partial charge in [-0.3, -0.25) is 0 Å². The van der Waals surface area contributed by atoms with Gasteiger partial charge in [0.2, 0.25) is 0 Å². The Morgan fingerprint density at radius 1 is 1.06 bits per heavy atom. The Bertz CT molecular complexity index is 164. The molecule has 0 heterocycles. The minimum absolute atomic E-state index is 0.0400. The van der Waals surface area contributed by atoms with Crippen LogP contribution in [0.3, 0.4) is 0 Å². The molecular weight excluding hydrogens is 232 g/mol. The molecule has 0 aliphatic rings. The molecule has 0 rings (SSSR count). The highest BCUT2D eigenvalue weighted by Gasteiger charge is 2.14. The molecule has 0 aromatic carbocycles. The second kappa shape index (κ2) is 13.3. The number of ether oxygens (including phenoxy) is 2. The molecule has 0 bridgehead atoms. The first-order valence-corrected chi connectivity index (χ1v) is 7.19. The van der Waals surface area contributed by atoms with E-state index in [9.17, 15) is 5.11 Å². The van der Waals surface area contributed by atoms with Gasteiger partial charge in [-0.2, -0.15) is 0 Å². The monoisotopic (exact) mass is 262 g/mol. The van der Waals surface area contributed by atoms with Crippen LogP contribution in [-0.4, -0.2) is 49.4 Å². The summed E-state index contributed by atoms with van der Waals surface area (Å²) in [5.41, 5.74) is 0. The Balaban J connectivity index is 3.71. The zero-order valence-electron chi connectivity index (χ0n) is 11.9. The molecule has 0 aliphatic heterocycles. The van der Waals surface area contributed by atoms with Crippen molar-refractivity contribution in [3.05, 3.63) is 0 Å². The first kappa shape index (κ1) is 17.8. The minimum Gasteiger partial charge on any atom is -0.394 e. The molecule has 18 heavy (non-hydrogen) atoms. The van der Waals surface area contributed by atoms with Gasteiger partial charge in [0.1, 0.15) is 0 Å². The molecule has 2 unspecified atom stereocenters. The average Bonchev–Trinajstić information content (AvgIpc) is 2.41. The molecule has 4 nitrogen and oxygen atoms in total. The maximum Gasteiger partial charge on any atom is 0.0809 e. The van der Waals surface area contributed by atoms with Crippen LogP contribution in [0.2, 0.25) is 0 Å².